The van der Waals surface area contributed by atoms with Crippen LogP contribution in [0.25, 0.3) is 0 Å². The first-order valence-electron chi connectivity index (χ1n) is 10.00. The number of benzene rings is 2. The van der Waals surface area contributed by atoms with Gasteiger partial charge in [0, 0.05) is 12.6 Å². The Morgan fingerprint density at radius 3 is 2.27 bits per heavy atom. The Bertz CT molecular complexity index is 951. The summed E-state index contributed by atoms with van der Waals surface area (Å²) in [6, 6.07) is 13.3. The third kappa shape index (κ3) is 5.52. The van der Waals surface area contributed by atoms with Gasteiger partial charge < -0.3 is 14.5 Å². The summed E-state index contributed by atoms with van der Waals surface area (Å²) >= 11 is 0. The summed E-state index contributed by atoms with van der Waals surface area (Å²) < 4.78 is 33.0. The van der Waals surface area contributed by atoms with Crippen molar-refractivity contribution >= 4 is 16.1 Å². The molecule has 0 spiro atoms. The smallest absolute Gasteiger partial charge is 0.331 e. The highest BCUT2D eigenvalue weighted by Crippen LogP contribution is 2.21. The second-order valence-electron chi connectivity index (χ2n) is 7.73. The van der Waals surface area contributed by atoms with Gasteiger partial charge in [-0.2, -0.15) is 0 Å². The molecule has 0 aliphatic carbocycles. The number of aryl methyl sites for hydroxylation is 1. The number of urea groups is 1. The van der Waals surface area contributed by atoms with Crippen LogP contribution in [0, 0.1) is 6.92 Å². The van der Waals surface area contributed by atoms with Crippen molar-refractivity contribution in [2.45, 2.75) is 37.2 Å². The molecule has 0 unspecified atom stereocenters. The number of sulfonamides is 1. The maximum absolute atomic E-state index is 13.1. The maximum Gasteiger partial charge on any atom is 0.331 e. The van der Waals surface area contributed by atoms with Gasteiger partial charge in [0.15, 0.2) is 0 Å². The van der Waals surface area contributed by atoms with E-state index < -0.39 is 16.1 Å². The third-order valence-corrected chi connectivity index (χ3v) is 6.79. The minimum atomic E-state index is -3.95. The number of hydrogen-bond acceptors (Lipinski definition) is 5. The Labute approximate surface area is 178 Å². The summed E-state index contributed by atoms with van der Waals surface area (Å²) in [4.78, 5) is 17.0. The fourth-order valence-electron chi connectivity index (χ4n) is 3.55. The number of nitrogens with one attached hydrogen (secondary N) is 1. The molecule has 2 aromatic rings. The Balaban J connectivity index is 1.80. The Hall–Kier alpha value is -2.58. The first kappa shape index (κ1) is 22.1. The van der Waals surface area contributed by atoms with E-state index in [4.69, 9.17) is 4.74 Å². The molecule has 0 bridgehead atoms. The molecule has 1 N–H and O–H groups in total. The van der Waals surface area contributed by atoms with Crippen LogP contribution in [0.2, 0.25) is 0 Å². The van der Waals surface area contributed by atoms with E-state index in [9.17, 15) is 13.2 Å². The minimum Gasteiger partial charge on any atom is -0.497 e. The molecule has 1 fully saturated rings. The monoisotopic (exact) mass is 431 g/mol. The number of ether oxygens (including phenoxy) is 1. The summed E-state index contributed by atoms with van der Waals surface area (Å²) in [5.41, 5.74) is 1.87. The fourth-order valence-corrected chi connectivity index (χ4v) is 4.51. The lowest BCUT2D eigenvalue weighted by molar-refractivity contribution is 0.130. The number of rotatable bonds is 6. The number of nitrogens with zero attached hydrogens (tertiary/aromatic N) is 2. The quantitative estimate of drug-likeness (QED) is 0.761. The van der Waals surface area contributed by atoms with Crippen LogP contribution in [-0.4, -0.2) is 57.5 Å². The van der Waals surface area contributed by atoms with Gasteiger partial charge in [-0.05, 0) is 69.7 Å². The minimum absolute atomic E-state index is 0.0310. The summed E-state index contributed by atoms with van der Waals surface area (Å²) in [6.07, 6.45) is 1.59. The topological polar surface area (TPSA) is 79.0 Å². The van der Waals surface area contributed by atoms with E-state index in [-0.39, 0.29) is 10.9 Å². The zero-order valence-corrected chi connectivity index (χ0v) is 18.5. The number of carbonyl (C=O) groups excluding carboxylic acids is 1. The molecule has 2 aromatic carbocycles. The molecule has 1 saturated heterocycles. The van der Waals surface area contributed by atoms with Crippen LogP contribution >= 0.6 is 0 Å². The molecule has 162 valence electrons. The zero-order chi connectivity index (χ0) is 21.7. The van der Waals surface area contributed by atoms with Gasteiger partial charge >= 0.3 is 6.03 Å². The molecule has 0 saturated carbocycles. The van der Waals surface area contributed by atoms with Crippen molar-refractivity contribution in [3.05, 3.63) is 59.7 Å². The van der Waals surface area contributed by atoms with Crippen LogP contribution in [0.5, 0.6) is 5.75 Å². The highest BCUT2D eigenvalue weighted by molar-refractivity contribution is 7.90. The molecule has 8 heteroatoms. The SMILES string of the molecule is COc1ccc(CN(C(=O)NS(=O)(=O)c2ccc(C)cc2)C2CCN(C)CC2)cc1. The Kier molecular flexibility index (Phi) is 6.99. The molecule has 0 atom stereocenters. The van der Waals surface area contributed by atoms with Crippen LogP contribution in [0.4, 0.5) is 4.79 Å². The first-order chi connectivity index (χ1) is 14.3. The van der Waals surface area contributed by atoms with Crippen molar-refractivity contribution in [3.63, 3.8) is 0 Å². The number of likely N-dealkylation sites (tertiary alicyclic amines) is 1. The van der Waals surface area contributed by atoms with E-state index in [1.807, 2.05) is 38.2 Å². The molecule has 1 aliphatic heterocycles. The molecule has 0 aromatic heterocycles. The molecule has 7 nitrogen and oxygen atoms in total. The lowest BCUT2D eigenvalue weighted by Crippen LogP contribution is -2.50. The first-order valence-corrected chi connectivity index (χ1v) is 11.5. The van der Waals surface area contributed by atoms with Crippen LogP contribution in [0.15, 0.2) is 53.4 Å². The van der Waals surface area contributed by atoms with Crippen molar-refractivity contribution in [1.29, 1.82) is 0 Å². The number of amides is 2. The number of hydrogen-bond donors (Lipinski definition) is 1. The average Bonchev–Trinajstić information content (AvgIpc) is 2.73. The molecule has 3 rings (SSSR count). The van der Waals surface area contributed by atoms with Gasteiger partial charge in [-0.25, -0.2) is 17.9 Å². The molecule has 1 aliphatic rings. The number of carbonyl (C=O) groups is 1. The van der Waals surface area contributed by atoms with Gasteiger partial charge in [0.1, 0.15) is 5.75 Å². The third-order valence-electron chi connectivity index (χ3n) is 5.45. The average molecular weight is 432 g/mol. The van der Waals surface area contributed by atoms with Crippen LogP contribution in [0.1, 0.15) is 24.0 Å². The molecule has 0 radical (unpaired) electrons. The number of piperidine rings is 1. The van der Waals surface area contributed by atoms with Gasteiger partial charge in [0.25, 0.3) is 10.0 Å². The molecular weight excluding hydrogens is 402 g/mol. The predicted molar refractivity (Wildman–Crippen MR) is 116 cm³/mol. The molecular formula is C22H29N3O4S. The van der Waals surface area contributed by atoms with Gasteiger partial charge in [-0.3, -0.25) is 0 Å². The standard InChI is InChI=1S/C22H29N3O4S/c1-17-4-10-21(11-5-17)30(27,28)23-22(26)25(19-12-14-24(2)15-13-19)16-18-6-8-20(29-3)9-7-18/h4-11,19H,12-16H2,1-3H3,(H,23,26). The fraction of sp³-hybridized carbons (Fsp3) is 0.409. The van der Waals surface area contributed by atoms with Crippen molar-refractivity contribution in [2.24, 2.45) is 0 Å². The van der Waals surface area contributed by atoms with Gasteiger partial charge in [0.2, 0.25) is 0 Å². The maximum atomic E-state index is 13.1. The predicted octanol–water partition coefficient (Wildman–Crippen LogP) is 3.00. The summed E-state index contributed by atoms with van der Waals surface area (Å²) in [5.74, 6) is 0.732. The van der Waals surface area contributed by atoms with Crippen molar-refractivity contribution in [1.82, 2.24) is 14.5 Å². The van der Waals surface area contributed by atoms with E-state index >= 15 is 0 Å². The molecule has 2 amide bonds. The Morgan fingerprint density at radius 1 is 1.10 bits per heavy atom. The van der Waals surface area contributed by atoms with Gasteiger partial charge in [-0.15, -0.1) is 0 Å². The molecule has 1 heterocycles. The Morgan fingerprint density at radius 2 is 1.70 bits per heavy atom. The highest BCUT2D eigenvalue weighted by Gasteiger charge is 2.30. The highest BCUT2D eigenvalue weighted by atomic mass is 32.2. The van der Waals surface area contributed by atoms with Crippen molar-refractivity contribution in [3.8, 4) is 5.75 Å². The van der Waals surface area contributed by atoms with E-state index in [1.54, 1.807) is 24.1 Å². The van der Waals surface area contributed by atoms with Crippen LogP contribution in [0.3, 0.4) is 0 Å². The van der Waals surface area contributed by atoms with Crippen molar-refractivity contribution < 1.29 is 17.9 Å². The second kappa shape index (κ2) is 9.49. The number of methoxy groups -OCH3 is 1. The lowest BCUT2D eigenvalue weighted by Gasteiger charge is -2.37. The van der Waals surface area contributed by atoms with E-state index in [0.29, 0.717) is 6.54 Å². The summed E-state index contributed by atoms with van der Waals surface area (Å²) in [6.45, 7) is 3.93. The van der Waals surface area contributed by atoms with E-state index in [1.165, 1.54) is 12.1 Å². The summed E-state index contributed by atoms with van der Waals surface area (Å²) in [5, 5.41) is 0. The second-order valence-corrected chi connectivity index (χ2v) is 9.42. The normalized spacial score (nSPS) is 15.6. The van der Waals surface area contributed by atoms with E-state index in [2.05, 4.69) is 9.62 Å². The van der Waals surface area contributed by atoms with Crippen LogP contribution < -0.4 is 9.46 Å². The van der Waals surface area contributed by atoms with Crippen LogP contribution in [-0.2, 0) is 16.6 Å². The van der Waals surface area contributed by atoms with E-state index in [0.717, 1.165) is 42.8 Å². The summed E-state index contributed by atoms with van der Waals surface area (Å²) in [7, 11) is -0.297. The van der Waals surface area contributed by atoms with Gasteiger partial charge in [0.05, 0.1) is 12.0 Å². The zero-order valence-electron chi connectivity index (χ0n) is 17.7. The largest absolute Gasteiger partial charge is 0.497 e. The van der Waals surface area contributed by atoms with Crippen molar-refractivity contribution in [2.75, 3.05) is 27.2 Å². The lowest BCUT2D eigenvalue weighted by atomic mass is 10.0. The van der Waals surface area contributed by atoms with Gasteiger partial charge in [-0.1, -0.05) is 29.8 Å². The molecule has 30 heavy (non-hydrogen) atoms.